The zero-order valence-electron chi connectivity index (χ0n) is 9.58. The van der Waals surface area contributed by atoms with E-state index >= 15 is 0 Å². The van der Waals surface area contributed by atoms with E-state index in [4.69, 9.17) is 4.42 Å². The summed E-state index contributed by atoms with van der Waals surface area (Å²) in [7, 11) is 0. The summed E-state index contributed by atoms with van der Waals surface area (Å²) in [6.45, 7) is 0. The van der Waals surface area contributed by atoms with Gasteiger partial charge in [-0.3, -0.25) is 4.79 Å². The van der Waals surface area contributed by atoms with Crippen LogP contribution in [0.2, 0.25) is 0 Å². The van der Waals surface area contributed by atoms with Gasteiger partial charge in [-0.25, -0.2) is 4.79 Å². The van der Waals surface area contributed by atoms with Crippen molar-refractivity contribution in [2.45, 2.75) is 0 Å². The summed E-state index contributed by atoms with van der Waals surface area (Å²) < 4.78 is 5.07. The Labute approximate surface area is 106 Å². The van der Waals surface area contributed by atoms with Gasteiger partial charge >= 0.3 is 5.63 Å². The van der Waals surface area contributed by atoms with Crippen molar-refractivity contribution in [2.75, 3.05) is 0 Å². The van der Waals surface area contributed by atoms with E-state index in [-0.39, 0.29) is 28.0 Å². The first-order chi connectivity index (χ1) is 9.10. The molecule has 3 aromatic rings. The molecule has 0 spiro atoms. The maximum Gasteiger partial charge on any atom is 0.344 e. The fourth-order valence-corrected chi connectivity index (χ4v) is 2.12. The highest BCUT2D eigenvalue weighted by Crippen LogP contribution is 2.32. The van der Waals surface area contributed by atoms with Crippen LogP contribution < -0.4 is 5.63 Å². The quantitative estimate of drug-likeness (QED) is 0.396. The second-order valence-corrected chi connectivity index (χ2v) is 4.15. The minimum absolute atomic E-state index is 0.0426. The average Bonchev–Trinajstić information content (AvgIpc) is 2.38. The normalized spacial score (nSPS) is 10.9. The number of benzene rings is 2. The van der Waals surface area contributed by atoms with E-state index in [2.05, 4.69) is 0 Å². The molecule has 0 atom stereocenters. The number of carbonyl (C=O) groups excluding carboxylic acids is 1. The van der Waals surface area contributed by atoms with E-state index in [1.54, 1.807) is 0 Å². The second kappa shape index (κ2) is 3.84. The molecule has 0 unspecified atom stereocenters. The van der Waals surface area contributed by atoms with Crippen LogP contribution in [0.3, 0.4) is 0 Å². The largest absolute Gasteiger partial charge is 0.508 e. The molecule has 2 aromatic carbocycles. The number of hydrogen-bond donors (Lipinski definition) is 2. The van der Waals surface area contributed by atoms with E-state index in [9.17, 15) is 19.8 Å². The van der Waals surface area contributed by atoms with Crippen LogP contribution in [0, 0.1) is 0 Å². The molecule has 5 nitrogen and oxygen atoms in total. The summed E-state index contributed by atoms with van der Waals surface area (Å²) >= 11 is 0. The summed E-state index contributed by atoms with van der Waals surface area (Å²) in [6, 6.07) is 6.90. The smallest absolute Gasteiger partial charge is 0.344 e. The van der Waals surface area contributed by atoms with Crippen molar-refractivity contribution < 1.29 is 19.4 Å². The predicted molar refractivity (Wildman–Crippen MR) is 68.7 cm³/mol. The number of carbonyl (C=O) groups is 1. The van der Waals surface area contributed by atoms with Crippen LogP contribution in [0.15, 0.2) is 39.5 Å². The number of fused-ring (bicyclic) bond motifs is 3. The van der Waals surface area contributed by atoms with Crippen molar-refractivity contribution in [1.29, 1.82) is 0 Å². The third kappa shape index (κ3) is 1.63. The van der Waals surface area contributed by atoms with Crippen LogP contribution in [0.5, 0.6) is 11.5 Å². The molecule has 0 bridgehead atoms. The van der Waals surface area contributed by atoms with Gasteiger partial charge in [0.15, 0.2) is 0 Å². The van der Waals surface area contributed by atoms with Crippen molar-refractivity contribution >= 4 is 28.0 Å². The van der Waals surface area contributed by atoms with Gasteiger partial charge in [0, 0.05) is 22.4 Å². The topological polar surface area (TPSA) is 87.7 Å². The van der Waals surface area contributed by atoms with Crippen molar-refractivity contribution in [3.8, 4) is 11.5 Å². The Balaban J connectivity index is 2.61. The lowest BCUT2D eigenvalue weighted by molar-refractivity contribution is 0.112. The van der Waals surface area contributed by atoms with Gasteiger partial charge in [-0.1, -0.05) is 0 Å². The van der Waals surface area contributed by atoms with Crippen LogP contribution in [-0.4, -0.2) is 16.5 Å². The van der Waals surface area contributed by atoms with Gasteiger partial charge in [-0.15, -0.1) is 0 Å². The lowest BCUT2D eigenvalue weighted by Gasteiger charge is -2.05. The molecule has 5 heteroatoms. The van der Waals surface area contributed by atoms with Crippen LogP contribution in [0.4, 0.5) is 0 Å². The minimum Gasteiger partial charge on any atom is -0.508 e. The van der Waals surface area contributed by atoms with E-state index in [1.165, 1.54) is 30.3 Å². The molecule has 19 heavy (non-hydrogen) atoms. The van der Waals surface area contributed by atoms with Gasteiger partial charge in [0.05, 0.1) is 5.39 Å². The van der Waals surface area contributed by atoms with Gasteiger partial charge in [-0.2, -0.15) is 0 Å². The lowest BCUT2D eigenvalue weighted by Crippen LogP contribution is -2.01. The molecule has 0 aliphatic rings. The predicted octanol–water partition coefficient (Wildman–Crippen LogP) is 2.17. The Bertz CT molecular complexity index is 876. The van der Waals surface area contributed by atoms with Gasteiger partial charge in [0.2, 0.25) is 0 Å². The number of aldehydes is 1. The molecule has 2 N–H and O–H groups in total. The molecule has 0 aliphatic heterocycles. The highest BCUT2D eigenvalue weighted by Gasteiger charge is 2.13. The second-order valence-electron chi connectivity index (χ2n) is 4.15. The number of aromatic hydroxyl groups is 2. The van der Waals surface area contributed by atoms with Crippen LogP contribution in [0.1, 0.15) is 10.4 Å². The first-order valence-corrected chi connectivity index (χ1v) is 5.48. The Morgan fingerprint density at radius 3 is 2.58 bits per heavy atom. The summed E-state index contributed by atoms with van der Waals surface area (Å²) in [4.78, 5) is 22.6. The maximum absolute atomic E-state index is 11.8. The Hall–Kier alpha value is -2.82. The number of rotatable bonds is 1. The Morgan fingerprint density at radius 2 is 1.84 bits per heavy atom. The molecule has 0 saturated heterocycles. The molecular weight excluding hydrogens is 248 g/mol. The Morgan fingerprint density at radius 1 is 1.05 bits per heavy atom. The SMILES string of the molecule is O=Cc1cc(O)c2c(c1)c(=O)oc1cc(O)ccc12. The van der Waals surface area contributed by atoms with Crippen LogP contribution >= 0.6 is 0 Å². The van der Waals surface area contributed by atoms with Crippen LogP contribution in [-0.2, 0) is 0 Å². The van der Waals surface area contributed by atoms with Crippen molar-refractivity contribution in [2.24, 2.45) is 0 Å². The summed E-state index contributed by atoms with van der Waals surface area (Å²) in [6.07, 6.45) is 0.541. The van der Waals surface area contributed by atoms with Gasteiger partial charge in [-0.05, 0) is 24.3 Å². The number of hydrogen-bond acceptors (Lipinski definition) is 5. The van der Waals surface area contributed by atoms with Crippen molar-refractivity contribution in [3.63, 3.8) is 0 Å². The molecule has 0 aliphatic carbocycles. The first kappa shape index (κ1) is 11.3. The molecule has 0 saturated carbocycles. The number of phenolic OH excluding ortho intramolecular Hbond substituents is 2. The van der Waals surface area contributed by atoms with E-state index in [0.717, 1.165) is 0 Å². The third-order valence-electron chi connectivity index (χ3n) is 2.93. The fourth-order valence-electron chi connectivity index (χ4n) is 2.12. The minimum atomic E-state index is -0.674. The molecule has 0 fully saturated rings. The summed E-state index contributed by atoms with van der Waals surface area (Å²) in [5.41, 5.74) is -0.311. The zero-order chi connectivity index (χ0) is 13.6. The molecule has 3 rings (SSSR count). The molecular formula is C14H8O5. The number of phenols is 2. The monoisotopic (exact) mass is 256 g/mol. The first-order valence-electron chi connectivity index (χ1n) is 5.48. The van der Waals surface area contributed by atoms with E-state index in [1.807, 2.05) is 0 Å². The molecule has 1 heterocycles. The highest BCUT2D eigenvalue weighted by molar-refractivity contribution is 6.09. The summed E-state index contributed by atoms with van der Waals surface area (Å²) in [5, 5.41) is 20.3. The van der Waals surface area contributed by atoms with Crippen molar-refractivity contribution in [3.05, 3.63) is 46.3 Å². The Kier molecular flexibility index (Phi) is 2.28. The average molecular weight is 256 g/mol. The zero-order valence-corrected chi connectivity index (χ0v) is 9.58. The molecule has 1 aromatic heterocycles. The van der Waals surface area contributed by atoms with E-state index in [0.29, 0.717) is 17.1 Å². The third-order valence-corrected chi connectivity index (χ3v) is 2.93. The lowest BCUT2D eigenvalue weighted by atomic mass is 10.0. The fraction of sp³-hybridized carbons (Fsp3) is 0. The molecule has 94 valence electrons. The van der Waals surface area contributed by atoms with Gasteiger partial charge in [0.1, 0.15) is 23.4 Å². The highest BCUT2D eigenvalue weighted by atomic mass is 16.4. The molecule has 0 amide bonds. The van der Waals surface area contributed by atoms with E-state index < -0.39 is 5.63 Å². The van der Waals surface area contributed by atoms with Crippen LogP contribution in [0.25, 0.3) is 21.7 Å². The maximum atomic E-state index is 11.8. The molecule has 0 radical (unpaired) electrons. The standard InChI is InChI=1S/C14H8O5/c15-6-7-3-10-13(11(17)4-7)9-2-1-8(16)5-12(9)19-14(10)18/h1-6,16-17H. The van der Waals surface area contributed by atoms with Crippen molar-refractivity contribution in [1.82, 2.24) is 0 Å². The summed E-state index contributed by atoms with van der Waals surface area (Å²) in [5.74, 6) is -0.220. The van der Waals surface area contributed by atoms with Gasteiger partial charge in [0.25, 0.3) is 0 Å². The van der Waals surface area contributed by atoms with Gasteiger partial charge < -0.3 is 14.6 Å².